The highest BCUT2D eigenvalue weighted by atomic mass is 16.5. The first kappa shape index (κ1) is 13.3. The van der Waals surface area contributed by atoms with Gasteiger partial charge in [0.05, 0.1) is 0 Å². The van der Waals surface area contributed by atoms with Gasteiger partial charge in [-0.25, -0.2) is 5.06 Å². The number of ether oxygens (including phenoxy) is 1. The van der Waals surface area contributed by atoms with E-state index < -0.39 is 5.54 Å². The molecule has 1 spiro atoms. The summed E-state index contributed by atoms with van der Waals surface area (Å²) in [7, 11) is 0. The van der Waals surface area contributed by atoms with E-state index in [2.05, 4.69) is 0 Å². The van der Waals surface area contributed by atoms with Gasteiger partial charge in [0.15, 0.2) is 0 Å². The maximum absolute atomic E-state index is 12.0. The molecule has 1 saturated heterocycles. The molecule has 22 heavy (non-hydrogen) atoms. The van der Waals surface area contributed by atoms with E-state index in [-0.39, 0.29) is 12.0 Å². The summed E-state index contributed by atoms with van der Waals surface area (Å²) in [5, 5.41) is 11.4. The zero-order chi connectivity index (χ0) is 15.2. The van der Waals surface area contributed by atoms with Crippen molar-refractivity contribution >= 4 is 5.91 Å². The summed E-state index contributed by atoms with van der Waals surface area (Å²) in [6, 6.07) is 17.6. The van der Waals surface area contributed by atoms with Crippen molar-refractivity contribution in [2.24, 2.45) is 0 Å². The summed E-state index contributed by atoms with van der Waals surface area (Å²) in [5.74, 6) is 0.596. The minimum atomic E-state index is -0.715. The van der Waals surface area contributed by atoms with Gasteiger partial charge in [0, 0.05) is 12.8 Å². The Kier molecular flexibility index (Phi) is 2.94. The molecule has 2 aromatic rings. The van der Waals surface area contributed by atoms with E-state index in [1.807, 2.05) is 54.6 Å². The van der Waals surface area contributed by atoms with E-state index in [4.69, 9.17) is 4.74 Å². The molecule has 0 aromatic heterocycles. The molecule has 112 valence electrons. The van der Waals surface area contributed by atoms with Crippen LogP contribution in [0.2, 0.25) is 0 Å². The van der Waals surface area contributed by atoms with Crippen LogP contribution < -0.4 is 4.74 Å². The summed E-state index contributed by atoms with van der Waals surface area (Å²) in [4.78, 5) is 12.0. The lowest BCUT2D eigenvalue weighted by atomic mass is 9.78. The summed E-state index contributed by atoms with van der Waals surface area (Å²) in [5.41, 5.74) is 1.29. The van der Waals surface area contributed by atoms with E-state index in [0.717, 1.165) is 21.9 Å². The van der Waals surface area contributed by atoms with E-state index in [1.54, 1.807) is 0 Å². The average Bonchev–Trinajstić information content (AvgIpc) is 2.84. The minimum Gasteiger partial charge on any atom is -0.483 e. The Morgan fingerprint density at radius 2 is 1.82 bits per heavy atom. The van der Waals surface area contributed by atoms with Crippen molar-refractivity contribution in [2.75, 3.05) is 0 Å². The second kappa shape index (κ2) is 4.85. The molecule has 0 bridgehead atoms. The third-order valence-corrected chi connectivity index (χ3v) is 4.73. The molecule has 1 fully saturated rings. The predicted octanol–water partition coefficient (Wildman–Crippen LogP) is 3.11. The van der Waals surface area contributed by atoms with Gasteiger partial charge >= 0.3 is 0 Å². The number of benzene rings is 2. The van der Waals surface area contributed by atoms with E-state index in [9.17, 15) is 10.0 Å². The van der Waals surface area contributed by atoms with Gasteiger partial charge in [-0.15, -0.1) is 0 Å². The first-order chi connectivity index (χ1) is 10.7. The number of fused-ring (bicyclic) bond motifs is 1. The van der Waals surface area contributed by atoms with Crippen LogP contribution in [0.4, 0.5) is 0 Å². The molecular formula is C18H17NO3. The molecule has 4 heteroatoms. The number of amides is 1. The first-order valence-electron chi connectivity index (χ1n) is 7.52. The van der Waals surface area contributed by atoms with Crippen LogP contribution in [0.3, 0.4) is 0 Å². The summed E-state index contributed by atoms with van der Waals surface area (Å²) in [6.45, 7) is 0. The summed E-state index contributed by atoms with van der Waals surface area (Å²) >= 11 is 0. The Bertz CT molecular complexity index is 715. The van der Waals surface area contributed by atoms with Gasteiger partial charge < -0.3 is 4.74 Å². The summed E-state index contributed by atoms with van der Waals surface area (Å²) < 4.78 is 6.22. The molecule has 0 radical (unpaired) electrons. The van der Waals surface area contributed by atoms with Gasteiger partial charge in [-0.1, -0.05) is 48.5 Å². The fourth-order valence-electron chi connectivity index (χ4n) is 3.62. The smallest absolute Gasteiger partial charge is 0.246 e. The van der Waals surface area contributed by atoms with Crippen molar-refractivity contribution in [1.82, 2.24) is 5.06 Å². The second-order valence-corrected chi connectivity index (χ2v) is 6.00. The van der Waals surface area contributed by atoms with Crippen molar-refractivity contribution in [1.29, 1.82) is 0 Å². The van der Waals surface area contributed by atoms with Crippen molar-refractivity contribution in [3.63, 3.8) is 0 Å². The highest BCUT2D eigenvalue weighted by molar-refractivity contribution is 5.79. The lowest BCUT2D eigenvalue weighted by molar-refractivity contribution is -0.198. The molecule has 4 nitrogen and oxygen atoms in total. The molecule has 0 saturated carbocycles. The van der Waals surface area contributed by atoms with Gasteiger partial charge in [-0.2, -0.15) is 0 Å². The Morgan fingerprint density at radius 1 is 1.09 bits per heavy atom. The molecule has 0 aliphatic carbocycles. The summed E-state index contributed by atoms with van der Waals surface area (Å²) in [6.07, 6.45) is 1.19. The lowest BCUT2D eigenvalue weighted by Crippen LogP contribution is -2.53. The minimum absolute atomic E-state index is 0.232. The van der Waals surface area contributed by atoms with Gasteiger partial charge in [0.1, 0.15) is 17.4 Å². The van der Waals surface area contributed by atoms with Crippen molar-refractivity contribution in [3.8, 4) is 5.75 Å². The maximum Gasteiger partial charge on any atom is 0.246 e. The van der Waals surface area contributed by atoms with Crippen LogP contribution in [0.15, 0.2) is 54.6 Å². The van der Waals surface area contributed by atoms with Gasteiger partial charge in [0.2, 0.25) is 5.91 Å². The highest BCUT2D eigenvalue weighted by Gasteiger charge is 2.55. The van der Waals surface area contributed by atoms with Gasteiger partial charge in [-0.3, -0.25) is 10.0 Å². The Balaban J connectivity index is 1.85. The Morgan fingerprint density at radius 3 is 2.55 bits per heavy atom. The molecule has 4 rings (SSSR count). The predicted molar refractivity (Wildman–Crippen MR) is 80.6 cm³/mol. The zero-order valence-electron chi connectivity index (χ0n) is 12.1. The van der Waals surface area contributed by atoms with E-state index in [0.29, 0.717) is 19.3 Å². The quantitative estimate of drug-likeness (QED) is 0.822. The standard InChI is InChI=1S/C18H17NO3/c20-16-10-11-18(19(16)21)12-14-8-4-5-9-15(14)22-17(18)13-6-2-1-3-7-13/h1-9,17,21H,10-12H2. The molecule has 2 aliphatic rings. The SMILES string of the molecule is O=C1CCC2(Cc3ccccc3OC2c2ccccc2)N1O. The maximum atomic E-state index is 12.0. The third kappa shape index (κ3) is 1.84. The van der Waals surface area contributed by atoms with Gasteiger partial charge in [0.25, 0.3) is 0 Å². The van der Waals surface area contributed by atoms with E-state index >= 15 is 0 Å². The topological polar surface area (TPSA) is 49.8 Å². The normalized spacial score (nSPS) is 26.9. The fourth-order valence-corrected chi connectivity index (χ4v) is 3.62. The number of carbonyl (C=O) groups is 1. The van der Waals surface area contributed by atoms with Crippen molar-refractivity contribution in [3.05, 3.63) is 65.7 Å². The monoisotopic (exact) mass is 295 g/mol. The number of rotatable bonds is 1. The van der Waals surface area contributed by atoms with Crippen molar-refractivity contribution < 1.29 is 14.7 Å². The van der Waals surface area contributed by atoms with Crippen molar-refractivity contribution in [2.45, 2.75) is 30.9 Å². The van der Waals surface area contributed by atoms with Crippen LogP contribution in [0.5, 0.6) is 5.75 Å². The third-order valence-electron chi connectivity index (χ3n) is 4.73. The highest BCUT2D eigenvalue weighted by Crippen LogP contribution is 2.49. The molecule has 1 amide bonds. The Labute approximate surface area is 128 Å². The van der Waals surface area contributed by atoms with E-state index in [1.165, 1.54) is 0 Å². The average molecular weight is 295 g/mol. The molecule has 2 heterocycles. The molecule has 2 unspecified atom stereocenters. The van der Waals surface area contributed by atoms with Crippen LogP contribution in [0.25, 0.3) is 0 Å². The lowest BCUT2D eigenvalue weighted by Gasteiger charge is -2.44. The number of nitrogens with zero attached hydrogens (tertiary/aromatic N) is 1. The number of hydrogen-bond donors (Lipinski definition) is 1. The molecule has 1 N–H and O–H groups in total. The number of carbonyl (C=O) groups excluding carboxylic acids is 1. The van der Waals surface area contributed by atoms with Crippen LogP contribution in [0, 0.1) is 0 Å². The second-order valence-electron chi connectivity index (χ2n) is 6.00. The fraction of sp³-hybridized carbons (Fsp3) is 0.278. The molecule has 2 aromatic carbocycles. The number of hydroxylamine groups is 2. The largest absolute Gasteiger partial charge is 0.483 e. The number of para-hydroxylation sites is 1. The van der Waals surface area contributed by atoms with Crippen LogP contribution >= 0.6 is 0 Å². The molecule has 2 aliphatic heterocycles. The number of hydrogen-bond acceptors (Lipinski definition) is 3. The zero-order valence-corrected chi connectivity index (χ0v) is 12.1. The molecule has 2 atom stereocenters. The van der Waals surface area contributed by atoms with Crippen LogP contribution in [-0.4, -0.2) is 21.7 Å². The Hall–Kier alpha value is -2.33. The van der Waals surface area contributed by atoms with Crippen LogP contribution in [0.1, 0.15) is 30.1 Å². The molecular weight excluding hydrogens is 278 g/mol. The van der Waals surface area contributed by atoms with Gasteiger partial charge in [-0.05, 0) is 23.6 Å². The first-order valence-corrected chi connectivity index (χ1v) is 7.52. The van der Waals surface area contributed by atoms with Crippen LogP contribution in [-0.2, 0) is 11.2 Å².